The Morgan fingerprint density at radius 1 is 1.14 bits per heavy atom. The third-order valence-electron chi connectivity index (χ3n) is 7.48. The molecule has 0 unspecified atom stereocenters. The summed E-state index contributed by atoms with van der Waals surface area (Å²) in [5, 5.41) is 15.5. The number of aromatic nitrogens is 1. The zero-order valence-electron chi connectivity index (χ0n) is 20.8. The van der Waals surface area contributed by atoms with Gasteiger partial charge in [-0.15, -0.1) is 0 Å². The molecule has 0 spiro atoms. The van der Waals surface area contributed by atoms with Crippen LogP contribution < -0.4 is 10.6 Å². The van der Waals surface area contributed by atoms with Crippen molar-refractivity contribution in [3.63, 3.8) is 0 Å². The van der Waals surface area contributed by atoms with Gasteiger partial charge in [-0.05, 0) is 101 Å². The number of benzene rings is 1. The van der Waals surface area contributed by atoms with Crippen molar-refractivity contribution in [2.24, 2.45) is 13.0 Å². The Morgan fingerprint density at radius 2 is 1.80 bits per heavy atom. The molecule has 0 bridgehead atoms. The number of hydrogen-bond donors (Lipinski definition) is 3. The monoisotopic (exact) mass is 483 g/mol. The number of nitrogens with zero attached hydrogens (tertiary/aromatic N) is 1. The number of nitrogens with one attached hydrogen (secondary N) is 2. The van der Waals surface area contributed by atoms with Crippen molar-refractivity contribution in [1.29, 1.82) is 0 Å². The summed E-state index contributed by atoms with van der Waals surface area (Å²) in [4.78, 5) is 39.7. The van der Waals surface area contributed by atoms with Crippen LogP contribution in [0.1, 0.15) is 83.1 Å². The van der Waals surface area contributed by atoms with Gasteiger partial charge in [-0.25, -0.2) is 4.39 Å². The van der Waals surface area contributed by atoms with E-state index in [1.54, 1.807) is 31.5 Å². The number of hydrogen-bond acceptors (Lipinski definition) is 4. The van der Waals surface area contributed by atoms with E-state index in [0.29, 0.717) is 60.4 Å². The van der Waals surface area contributed by atoms with Gasteiger partial charge in [-0.3, -0.25) is 14.4 Å². The molecular formula is C27H34FN3O4. The molecule has 7 nitrogen and oxygen atoms in total. The largest absolute Gasteiger partial charge is 0.393 e. The Kier molecular flexibility index (Phi) is 6.86. The lowest BCUT2D eigenvalue weighted by molar-refractivity contribution is -0.119. The predicted molar refractivity (Wildman–Crippen MR) is 131 cm³/mol. The van der Waals surface area contributed by atoms with Crippen LogP contribution in [-0.4, -0.2) is 38.9 Å². The first-order chi connectivity index (χ1) is 16.5. The van der Waals surface area contributed by atoms with Gasteiger partial charge in [-0.2, -0.15) is 0 Å². The van der Waals surface area contributed by atoms with E-state index in [9.17, 15) is 23.9 Å². The fourth-order valence-electron chi connectivity index (χ4n) is 5.07. The summed E-state index contributed by atoms with van der Waals surface area (Å²) < 4.78 is 15.4. The van der Waals surface area contributed by atoms with Crippen molar-refractivity contribution < 1.29 is 23.9 Å². The fourth-order valence-corrected chi connectivity index (χ4v) is 5.07. The zero-order chi connectivity index (χ0) is 25.5. The van der Waals surface area contributed by atoms with Crippen LogP contribution in [0.2, 0.25) is 0 Å². The van der Waals surface area contributed by atoms with Gasteiger partial charge in [0.2, 0.25) is 0 Å². The zero-order valence-corrected chi connectivity index (χ0v) is 20.8. The minimum Gasteiger partial charge on any atom is -0.393 e. The Morgan fingerprint density at radius 3 is 2.40 bits per heavy atom. The molecule has 1 aromatic heterocycles. The SMILES string of the molecule is Cc1cc(NC(=O)c2c(C)c(C(=O)C(=O)NC3(C)CCC(O)CC3)n(C)c2CC2CC2)ccc1F. The minimum absolute atomic E-state index is 0.207. The predicted octanol–water partition coefficient (Wildman–Crippen LogP) is 3.98. The number of aliphatic hydroxyl groups excluding tert-OH is 1. The molecule has 2 aliphatic carbocycles. The highest BCUT2D eigenvalue weighted by atomic mass is 19.1. The molecule has 4 rings (SSSR count). The quantitative estimate of drug-likeness (QED) is 0.410. The van der Waals surface area contributed by atoms with Gasteiger partial charge in [0, 0.05) is 24.0 Å². The number of aryl methyl sites for hydroxylation is 1. The van der Waals surface area contributed by atoms with Gasteiger partial charge in [-0.1, -0.05) is 0 Å². The Balaban J connectivity index is 1.62. The molecule has 3 N–H and O–H groups in total. The van der Waals surface area contributed by atoms with E-state index in [4.69, 9.17) is 0 Å². The van der Waals surface area contributed by atoms with Crippen molar-refractivity contribution in [2.75, 3.05) is 5.32 Å². The minimum atomic E-state index is -0.702. The van der Waals surface area contributed by atoms with Crippen molar-refractivity contribution in [3.05, 3.63) is 52.1 Å². The van der Waals surface area contributed by atoms with Crippen molar-refractivity contribution in [1.82, 2.24) is 9.88 Å². The van der Waals surface area contributed by atoms with Gasteiger partial charge < -0.3 is 20.3 Å². The van der Waals surface area contributed by atoms with Crippen LogP contribution in [0.4, 0.5) is 10.1 Å². The molecule has 2 aromatic rings. The molecule has 2 saturated carbocycles. The maximum absolute atomic E-state index is 13.7. The molecule has 2 aliphatic rings. The molecule has 1 aromatic carbocycles. The lowest BCUT2D eigenvalue weighted by Crippen LogP contribution is -2.51. The van der Waals surface area contributed by atoms with E-state index < -0.39 is 17.2 Å². The van der Waals surface area contributed by atoms with E-state index in [0.717, 1.165) is 18.5 Å². The number of anilines is 1. The van der Waals surface area contributed by atoms with E-state index >= 15 is 0 Å². The third kappa shape index (κ3) is 5.32. The molecule has 188 valence electrons. The second-order valence-corrected chi connectivity index (χ2v) is 10.5. The number of rotatable bonds is 7. The van der Waals surface area contributed by atoms with E-state index in [-0.39, 0.29) is 23.5 Å². The van der Waals surface area contributed by atoms with Gasteiger partial charge in [0.15, 0.2) is 0 Å². The smallest absolute Gasteiger partial charge is 0.294 e. The molecule has 0 aliphatic heterocycles. The first-order valence-corrected chi connectivity index (χ1v) is 12.3. The molecule has 2 amide bonds. The van der Waals surface area contributed by atoms with Gasteiger partial charge in [0.05, 0.1) is 17.4 Å². The first kappa shape index (κ1) is 25.1. The molecule has 0 saturated heterocycles. The number of aliphatic hydroxyl groups is 1. The van der Waals surface area contributed by atoms with Crippen LogP contribution >= 0.6 is 0 Å². The first-order valence-electron chi connectivity index (χ1n) is 12.3. The average Bonchev–Trinajstić information content (AvgIpc) is 3.58. The van der Waals surface area contributed by atoms with Crippen LogP contribution in [0.15, 0.2) is 18.2 Å². The number of ketones is 1. The molecule has 2 fully saturated rings. The van der Waals surface area contributed by atoms with E-state index in [2.05, 4.69) is 10.6 Å². The fraction of sp³-hybridized carbons (Fsp3) is 0.519. The summed E-state index contributed by atoms with van der Waals surface area (Å²) in [5.74, 6) is -1.66. The highest BCUT2D eigenvalue weighted by Gasteiger charge is 2.37. The van der Waals surface area contributed by atoms with Crippen molar-refractivity contribution >= 4 is 23.3 Å². The molecule has 8 heteroatoms. The maximum Gasteiger partial charge on any atom is 0.294 e. The number of carbonyl (C=O) groups excluding carboxylic acids is 3. The van der Waals surface area contributed by atoms with Crippen molar-refractivity contribution in [3.8, 4) is 0 Å². The highest BCUT2D eigenvalue weighted by Crippen LogP contribution is 2.36. The second-order valence-electron chi connectivity index (χ2n) is 10.5. The van der Waals surface area contributed by atoms with E-state index in [1.807, 2.05) is 6.92 Å². The van der Waals surface area contributed by atoms with Gasteiger partial charge in [0.25, 0.3) is 17.6 Å². The Labute approximate surface area is 205 Å². The lowest BCUT2D eigenvalue weighted by atomic mass is 9.82. The van der Waals surface area contributed by atoms with Crippen LogP contribution in [0.25, 0.3) is 0 Å². The van der Waals surface area contributed by atoms with Crippen LogP contribution in [0.5, 0.6) is 0 Å². The lowest BCUT2D eigenvalue weighted by Gasteiger charge is -2.36. The Hall–Kier alpha value is -3.00. The summed E-state index contributed by atoms with van der Waals surface area (Å²) >= 11 is 0. The average molecular weight is 484 g/mol. The Bertz CT molecular complexity index is 1170. The van der Waals surface area contributed by atoms with Crippen molar-refractivity contribution in [2.45, 2.75) is 77.4 Å². The standard InChI is InChI=1S/C27H34FN3O4/c1-15-13-18(7-8-20(15)28)29-25(34)22-16(2)23(31(4)21(22)14-17-5-6-17)24(33)26(35)30-27(3)11-9-19(32)10-12-27/h7-8,13,17,19,32H,5-6,9-12,14H2,1-4H3,(H,29,34)(H,30,35). The normalized spacial score (nSPS) is 22.1. The van der Waals surface area contributed by atoms with Crippen LogP contribution in [-0.2, 0) is 18.3 Å². The number of carbonyl (C=O) groups is 3. The summed E-state index contributed by atoms with van der Waals surface area (Å²) in [5.41, 5.74) is 2.12. The third-order valence-corrected chi connectivity index (χ3v) is 7.48. The summed E-state index contributed by atoms with van der Waals surface area (Å²) in [6.07, 6.45) is 4.75. The highest BCUT2D eigenvalue weighted by molar-refractivity contribution is 6.43. The molecular weight excluding hydrogens is 449 g/mol. The van der Waals surface area contributed by atoms with Crippen LogP contribution in [0.3, 0.4) is 0 Å². The summed E-state index contributed by atoms with van der Waals surface area (Å²) in [7, 11) is 1.72. The number of halogens is 1. The topological polar surface area (TPSA) is 100 Å². The molecule has 0 atom stereocenters. The molecule has 0 radical (unpaired) electrons. The molecule has 35 heavy (non-hydrogen) atoms. The van der Waals surface area contributed by atoms with Gasteiger partial charge >= 0.3 is 0 Å². The van der Waals surface area contributed by atoms with Crippen LogP contribution in [0, 0.1) is 25.6 Å². The maximum atomic E-state index is 13.7. The summed E-state index contributed by atoms with van der Waals surface area (Å²) in [6, 6.07) is 4.37. The number of Topliss-reactive ketones (excluding diaryl/α,β-unsaturated/α-hetero) is 1. The van der Waals surface area contributed by atoms with E-state index in [1.165, 1.54) is 12.1 Å². The second kappa shape index (κ2) is 9.57. The number of amides is 2. The molecule has 1 heterocycles. The van der Waals surface area contributed by atoms with Gasteiger partial charge in [0.1, 0.15) is 5.82 Å². The summed E-state index contributed by atoms with van der Waals surface area (Å²) in [6.45, 7) is 5.21.